The zero-order valence-corrected chi connectivity index (χ0v) is 18.2. The van der Waals surface area contributed by atoms with E-state index >= 15 is 0 Å². The van der Waals surface area contributed by atoms with Crippen LogP contribution >= 0.6 is 0 Å². The maximum Gasteiger partial charge on any atom is 0.331 e. The molecule has 0 amide bonds. The number of rotatable bonds is 0. The highest BCUT2D eigenvalue weighted by Crippen LogP contribution is 2.07. The molecule has 0 saturated carbocycles. The van der Waals surface area contributed by atoms with Gasteiger partial charge in [-0.05, 0) is 25.7 Å². The molecule has 0 saturated heterocycles. The van der Waals surface area contributed by atoms with E-state index in [1.807, 2.05) is 0 Å². The molecule has 10 heteroatoms. The van der Waals surface area contributed by atoms with Crippen LogP contribution in [0.25, 0.3) is 0 Å². The summed E-state index contributed by atoms with van der Waals surface area (Å²) in [6.07, 6.45) is 8.89. The van der Waals surface area contributed by atoms with Gasteiger partial charge in [0, 0.05) is 26.2 Å². The number of fused-ring (bicyclic) bond motifs is 4. The zero-order valence-electron chi connectivity index (χ0n) is 18.2. The maximum absolute atomic E-state index is 14.0. The fraction of sp³-hybridized carbons (Fsp3) is 0.636. The van der Waals surface area contributed by atoms with Crippen LogP contribution in [0.2, 0.25) is 0 Å². The van der Waals surface area contributed by atoms with Crippen LogP contribution in [0.5, 0.6) is 0 Å². The van der Waals surface area contributed by atoms with Crippen molar-refractivity contribution in [2.24, 2.45) is 0 Å². The lowest BCUT2D eigenvalue weighted by Crippen LogP contribution is -2.41. The molecule has 0 aromatic carbocycles. The summed E-state index contributed by atoms with van der Waals surface area (Å²) < 4.78 is 32.5. The van der Waals surface area contributed by atoms with E-state index in [0.717, 1.165) is 47.2 Å². The number of aryl methyl sites for hydroxylation is 2. The van der Waals surface area contributed by atoms with E-state index < -0.39 is 34.1 Å². The predicted octanol–water partition coefficient (Wildman–Crippen LogP) is 2.23. The van der Waals surface area contributed by atoms with Crippen LogP contribution < -0.4 is 22.5 Å². The van der Waals surface area contributed by atoms with Gasteiger partial charge in [-0.25, -0.2) is 9.59 Å². The monoisotopic (exact) mass is 452 g/mol. The molecule has 0 unspecified atom stereocenters. The molecule has 0 N–H and O–H groups in total. The normalized spacial score (nSPS) is 17.1. The minimum Gasteiger partial charge on any atom is -0.297 e. The maximum atomic E-state index is 14.0. The lowest BCUT2D eigenvalue weighted by molar-refractivity contribution is 0.437. The Balaban J connectivity index is 1.74. The lowest BCUT2D eigenvalue weighted by Gasteiger charge is -2.12. The third-order valence-electron chi connectivity index (χ3n) is 5.95. The second kappa shape index (κ2) is 11.2. The molecule has 4 bridgehead atoms. The number of aromatic nitrogens is 4. The molecule has 3 rings (SSSR count). The van der Waals surface area contributed by atoms with E-state index in [1.54, 1.807) is 0 Å². The average molecular weight is 453 g/mol. The van der Waals surface area contributed by atoms with Gasteiger partial charge in [0.2, 0.25) is 11.6 Å². The van der Waals surface area contributed by atoms with Crippen molar-refractivity contribution in [2.45, 2.75) is 90.4 Å². The first kappa shape index (κ1) is 23.9. The van der Waals surface area contributed by atoms with Crippen LogP contribution in [0.1, 0.15) is 64.2 Å². The zero-order chi connectivity index (χ0) is 23.1. The SMILES string of the molecule is O=c1c(F)cn2c(=O)n1CCCCCCCn1c(=O)c(F)cn(c1=O)CCCCCCC2. The van der Waals surface area contributed by atoms with Gasteiger partial charge in [0.05, 0.1) is 12.4 Å². The molecule has 3 heterocycles. The highest BCUT2D eigenvalue weighted by Gasteiger charge is 2.13. The smallest absolute Gasteiger partial charge is 0.297 e. The van der Waals surface area contributed by atoms with Gasteiger partial charge in [-0.15, -0.1) is 0 Å². The molecular formula is C22H30F2N4O4. The summed E-state index contributed by atoms with van der Waals surface area (Å²) in [6, 6.07) is 0. The van der Waals surface area contributed by atoms with Crippen LogP contribution in [0.3, 0.4) is 0 Å². The quantitative estimate of drug-likeness (QED) is 0.613. The van der Waals surface area contributed by atoms with Crippen LogP contribution in [-0.2, 0) is 26.2 Å². The molecule has 1 aliphatic heterocycles. The van der Waals surface area contributed by atoms with Gasteiger partial charge in [0.25, 0.3) is 11.1 Å². The minimum absolute atomic E-state index is 0.142. The molecule has 0 aliphatic carbocycles. The topological polar surface area (TPSA) is 88.0 Å². The van der Waals surface area contributed by atoms with Crippen molar-refractivity contribution in [1.82, 2.24) is 18.3 Å². The second-order valence-corrected chi connectivity index (χ2v) is 8.36. The Labute approximate surface area is 183 Å². The molecule has 0 radical (unpaired) electrons. The summed E-state index contributed by atoms with van der Waals surface area (Å²) in [6.45, 7) is 0.935. The number of hydrogen-bond donors (Lipinski definition) is 0. The summed E-state index contributed by atoms with van der Waals surface area (Å²) in [7, 11) is 0. The minimum atomic E-state index is -0.920. The fourth-order valence-corrected chi connectivity index (χ4v) is 4.12. The van der Waals surface area contributed by atoms with Crippen molar-refractivity contribution in [3.8, 4) is 0 Å². The second-order valence-electron chi connectivity index (χ2n) is 8.36. The Morgan fingerprint density at radius 1 is 0.500 bits per heavy atom. The summed E-state index contributed by atoms with van der Waals surface area (Å²) >= 11 is 0. The lowest BCUT2D eigenvalue weighted by atomic mass is 10.1. The van der Waals surface area contributed by atoms with Crippen LogP contribution in [0, 0.1) is 11.6 Å². The Bertz CT molecular complexity index is 1070. The standard InChI is InChI=1S/C22H30F2N4O4/c23-17-15-25-11-7-3-1-4-8-12-26-16-18(24)20(30)28(22(26)32)14-10-6-2-5-9-13-27(19(17)29)21(25)31/h15-16H,1-14H2. The molecule has 8 nitrogen and oxygen atoms in total. The van der Waals surface area contributed by atoms with Gasteiger partial charge in [-0.2, -0.15) is 8.78 Å². The average Bonchev–Trinajstić information content (AvgIpc) is 2.77. The highest BCUT2D eigenvalue weighted by atomic mass is 19.1. The van der Waals surface area contributed by atoms with E-state index in [1.165, 1.54) is 9.13 Å². The Morgan fingerprint density at radius 3 is 1.19 bits per heavy atom. The van der Waals surface area contributed by atoms with Crippen molar-refractivity contribution < 1.29 is 8.78 Å². The third kappa shape index (κ3) is 5.72. The van der Waals surface area contributed by atoms with Crippen LogP contribution in [-0.4, -0.2) is 18.3 Å². The predicted molar refractivity (Wildman–Crippen MR) is 116 cm³/mol. The molecule has 176 valence electrons. The van der Waals surface area contributed by atoms with Crippen molar-refractivity contribution in [3.05, 3.63) is 65.7 Å². The first-order chi connectivity index (χ1) is 15.4. The number of hydrogen-bond acceptors (Lipinski definition) is 4. The Hall–Kier alpha value is -2.78. The van der Waals surface area contributed by atoms with Crippen molar-refractivity contribution >= 4 is 0 Å². The summed E-state index contributed by atoms with van der Waals surface area (Å²) in [5.41, 5.74) is -2.75. The van der Waals surface area contributed by atoms with Crippen molar-refractivity contribution in [1.29, 1.82) is 0 Å². The van der Waals surface area contributed by atoms with Crippen molar-refractivity contribution in [3.63, 3.8) is 0 Å². The van der Waals surface area contributed by atoms with Crippen LogP contribution in [0.15, 0.2) is 31.6 Å². The molecular weight excluding hydrogens is 422 g/mol. The van der Waals surface area contributed by atoms with E-state index in [4.69, 9.17) is 0 Å². The van der Waals surface area contributed by atoms with Gasteiger partial charge in [0.1, 0.15) is 0 Å². The van der Waals surface area contributed by atoms with E-state index in [2.05, 4.69) is 0 Å². The van der Waals surface area contributed by atoms with Crippen LogP contribution in [0.4, 0.5) is 8.78 Å². The van der Waals surface area contributed by atoms with E-state index in [-0.39, 0.29) is 13.1 Å². The molecule has 1 aliphatic rings. The summed E-state index contributed by atoms with van der Waals surface area (Å²) in [5.74, 6) is -1.84. The first-order valence-corrected chi connectivity index (χ1v) is 11.4. The van der Waals surface area contributed by atoms with Gasteiger partial charge in [0.15, 0.2) is 0 Å². The summed E-state index contributed by atoms with van der Waals surface area (Å²) in [5, 5.41) is 0. The molecule has 0 fully saturated rings. The number of halogens is 2. The van der Waals surface area contributed by atoms with Gasteiger partial charge in [-0.3, -0.25) is 27.9 Å². The third-order valence-corrected chi connectivity index (χ3v) is 5.95. The fourth-order valence-electron chi connectivity index (χ4n) is 4.12. The van der Waals surface area contributed by atoms with Gasteiger partial charge in [-0.1, -0.05) is 38.5 Å². The largest absolute Gasteiger partial charge is 0.331 e. The molecule has 32 heavy (non-hydrogen) atoms. The van der Waals surface area contributed by atoms with E-state index in [9.17, 15) is 28.0 Å². The molecule has 2 aromatic rings. The number of nitrogens with zero attached hydrogens (tertiary/aromatic N) is 4. The summed E-state index contributed by atoms with van der Waals surface area (Å²) in [4.78, 5) is 49.3. The molecule has 0 spiro atoms. The first-order valence-electron chi connectivity index (χ1n) is 11.4. The molecule has 0 atom stereocenters. The van der Waals surface area contributed by atoms with Crippen molar-refractivity contribution in [2.75, 3.05) is 0 Å². The Kier molecular flexibility index (Phi) is 8.35. The van der Waals surface area contributed by atoms with Gasteiger partial charge >= 0.3 is 11.4 Å². The van der Waals surface area contributed by atoms with E-state index in [0.29, 0.717) is 51.6 Å². The Morgan fingerprint density at radius 2 is 0.812 bits per heavy atom. The molecule has 2 aromatic heterocycles. The van der Waals surface area contributed by atoms with Gasteiger partial charge < -0.3 is 0 Å². The highest BCUT2D eigenvalue weighted by molar-refractivity contribution is 4.91.